The average molecular weight is 196 g/mol. The van der Waals surface area contributed by atoms with Gasteiger partial charge in [0.25, 0.3) is 0 Å². The fourth-order valence-electron chi connectivity index (χ4n) is 1.67. The van der Waals surface area contributed by atoms with Crippen LogP contribution < -0.4 is 11.1 Å². The van der Waals surface area contributed by atoms with Gasteiger partial charge in [-0.15, -0.1) is 0 Å². The van der Waals surface area contributed by atoms with Gasteiger partial charge < -0.3 is 11.1 Å². The first-order valence-electron chi connectivity index (χ1n) is 4.53. The van der Waals surface area contributed by atoms with E-state index in [1.54, 1.807) is 0 Å². The van der Waals surface area contributed by atoms with Crippen LogP contribution in [0.2, 0.25) is 0 Å². The second-order valence-corrected chi connectivity index (χ2v) is 3.62. The highest BCUT2D eigenvalue weighted by atomic mass is 19.4. The molecular weight excluding hydrogens is 181 g/mol. The van der Waals surface area contributed by atoms with Crippen LogP contribution in [0.25, 0.3) is 0 Å². The molecule has 0 aromatic heterocycles. The van der Waals surface area contributed by atoms with Gasteiger partial charge in [0, 0.05) is 12.1 Å². The van der Waals surface area contributed by atoms with Crippen LogP contribution in [-0.2, 0) is 0 Å². The van der Waals surface area contributed by atoms with E-state index in [0.717, 1.165) is 19.3 Å². The molecule has 0 spiro atoms. The van der Waals surface area contributed by atoms with Gasteiger partial charge in [-0.3, -0.25) is 0 Å². The first-order chi connectivity index (χ1) is 5.97. The molecule has 0 bridgehead atoms. The Morgan fingerprint density at radius 1 is 1.31 bits per heavy atom. The third-order valence-corrected chi connectivity index (χ3v) is 2.31. The van der Waals surface area contributed by atoms with Crippen LogP contribution in [0.1, 0.15) is 25.7 Å². The lowest BCUT2D eigenvalue weighted by molar-refractivity contribution is -0.126. The van der Waals surface area contributed by atoms with Crippen molar-refractivity contribution in [3.05, 3.63) is 0 Å². The predicted molar refractivity (Wildman–Crippen MR) is 44.3 cm³/mol. The normalized spacial score (nSPS) is 30.5. The lowest BCUT2D eigenvalue weighted by Gasteiger charge is -2.27. The van der Waals surface area contributed by atoms with Gasteiger partial charge in [0.2, 0.25) is 0 Å². The van der Waals surface area contributed by atoms with E-state index in [0.29, 0.717) is 6.42 Å². The number of nitrogens with one attached hydrogen (secondary N) is 1. The van der Waals surface area contributed by atoms with Crippen LogP contribution in [0.3, 0.4) is 0 Å². The Balaban J connectivity index is 2.21. The summed E-state index contributed by atoms with van der Waals surface area (Å²) >= 11 is 0. The van der Waals surface area contributed by atoms with Crippen molar-refractivity contribution in [1.29, 1.82) is 0 Å². The Bertz CT molecular complexity index is 158. The molecule has 0 heterocycles. The molecule has 0 aromatic carbocycles. The molecule has 2 nitrogen and oxygen atoms in total. The maximum absolute atomic E-state index is 11.8. The van der Waals surface area contributed by atoms with Gasteiger partial charge in [0.15, 0.2) is 0 Å². The molecule has 0 aromatic rings. The number of rotatable bonds is 2. The van der Waals surface area contributed by atoms with E-state index in [1.165, 1.54) is 0 Å². The quantitative estimate of drug-likeness (QED) is 0.700. The fourth-order valence-corrected chi connectivity index (χ4v) is 1.67. The molecule has 1 rings (SSSR count). The molecule has 1 aliphatic carbocycles. The Labute approximate surface area is 75.7 Å². The molecule has 2 atom stereocenters. The second kappa shape index (κ2) is 4.28. The van der Waals surface area contributed by atoms with Crippen molar-refractivity contribution in [2.45, 2.75) is 43.9 Å². The van der Waals surface area contributed by atoms with E-state index in [9.17, 15) is 13.2 Å². The highest BCUT2D eigenvalue weighted by molar-refractivity contribution is 4.80. The molecule has 1 saturated carbocycles. The third-order valence-electron chi connectivity index (χ3n) is 2.31. The standard InChI is InChI=1S/C8H15F3N2/c9-8(10,11)5-13-7-3-1-2-6(12)4-7/h6-7,13H,1-5,12H2/t6-,7+/m1/s1. The predicted octanol–water partition coefficient (Wildman–Crippen LogP) is 1.41. The summed E-state index contributed by atoms with van der Waals surface area (Å²) in [6, 6.07) is 0.0184. The summed E-state index contributed by atoms with van der Waals surface area (Å²) in [7, 11) is 0. The largest absolute Gasteiger partial charge is 0.401 e. The van der Waals surface area contributed by atoms with E-state index in [2.05, 4.69) is 5.32 Å². The summed E-state index contributed by atoms with van der Waals surface area (Å²) < 4.78 is 35.4. The third kappa shape index (κ3) is 4.47. The second-order valence-electron chi connectivity index (χ2n) is 3.62. The molecular formula is C8H15F3N2. The Hall–Kier alpha value is -0.290. The van der Waals surface area contributed by atoms with Gasteiger partial charge in [-0.1, -0.05) is 6.42 Å². The maximum Gasteiger partial charge on any atom is 0.401 e. The molecule has 0 amide bonds. The summed E-state index contributed by atoms with van der Waals surface area (Å²) in [5.41, 5.74) is 5.64. The fraction of sp³-hybridized carbons (Fsp3) is 1.00. The molecule has 3 N–H and O–H groups in total. The van der Waals surface area contributed by atoms with E-state index < -0.39 is 12.7 Å². The molecule has 0 aliphatic heterocycles. The van der Waals surface area contributed by atoms with Crippen molar-refractivity contribution in [1.82, 2.24) is 5.32 Å². The van der Waals surface area contributed by atoms with Gasteiger partial charge >= 0.3 is 6.18 Å². The van der Waals surface area contributed by atoms with Crippen LogP contribution in [-0.4, -0.2) is 24.8 Å². The summed E-state index contributed by atoms with van der Waals surface area (Å²) in [5.74, 6) is 0. The Morgan fingerprint density at radius 2 is 2.00 bits per heavy atom. The van der Waals surface area contributed by atoms with E-state index in [-0.39, 0.29) is 12.1 Å². The van der Waals surface area contributed by atoms with Crippen molar-refractivity contribution in [3.63, 3.8) is 0 Å². The lowest BCUT2D eigenvalue weighted by atomic mass is 9.92. The van der Waals surface area contributed by atoms with E-state index in [4.69, 9.17) is 5.73 Å². The monoisotopic (exact) mass is 196 g/mol. The van der Waals surface area contributed by atoms with Crippen LogP contribution in [0.4, 0.5) is 13.2 Å². The van der Waals surface area contributed by atoms with Crippen molar-refractivity contribution in [2.24, 2.45) is 5.73 Å². The van der Waals surface area contributed by atoms with Gasteiger partial charge in [0.1, 0.15) is 0 Å². The summed E-state index contributed by atoms with van der Waals surface area (Å²) in [6.07, 6.45) is -0.776. The number of hydrogen-bond donors (Lipinski definition) is 2. The minimum absolute atomic E-state index is 0.0506. The molecule has 13 heavy (non-hydrogen) atoms. The molecule has 78 valence electrons. The van der Waals surface area contributed by atoms with Crippen LogP contribution in [0, 0.1) is 0 Å². The first kappa shape index (κ1) is 10.8. The Kier molecular flexibility index (Phi) is 3.55. The van der Waals surface area contributed by atoms with Crippen molar-refractivity contribution in [3.8, 4) is 0 Å². The smallest absolute Gasteiger partial charge is 0.328 e. The van der Waals surface area contributed by atoms with E-state index in [1.807, 2.05) is 0 Å². The molecule has 1 aliphatic rings. The number of alkyl halides is 3. The molecule has 0 unspecified atom stereocenters. The van der Waals surface area contributed by atoms with Gasteiger partial charge in [-0.2, -0.15) is 13.2 Å². The first-order valence-corrected chi connectivity index (χ1v) is 4.53. The zero-order chi connectivity index (χ0) is 9.90. The minimum Gasteiger partial charge on any atom is -0.328 e. The van der Waals surface area contributed by atoms with Gasteiger partial charge in [0.05, 0.1) is 6.54 Å². The van der Waals surface area contributed by atoms with Crippen molar-refractivity contribution >= 4 is 0 Å². The summed E-state index contributed by atoms with van der Waals surface area (Å²) in [4.78, 5) is 0. The van der Waals surface area contributed by atoms with Crippen LogP contribution >= 0.6 is 0 Å². The highest BCUT2D eigenvalue weighted by Gasteiger charge is 2.29. The number of hydrogen-bond acceptors (Lipinski definition) is 2. The van der Waals surface area contributed by atoms with Gasteiger partial charge in [-0.05, 0) is 19.3 Å². The minimum atomic E-state index is -4.11. The zero-order valence-corrected chi connectivity index (χ0v) is 7.40. The highest BCUT2D eigenvalue weighted by Crippen LogP contribution is 2.19. The van der Waals surface area contributed by atoms with Crippen LogP contribution in [0.5, 0.6) is 0 Å². The summed E-state index contributed by atoms with van der Waals surface area (Å²) in [5, 5.41) is 2.49. The lowest BCUT2D eigenvalue weighted by Crippen LogP contribution is -2.43. The topological polar surface area (TPSA) is 38.0 Å². The number of halogens is 3. The molecule has 0 radical (unpaired) electrons. The zero-order valence-electron chi connectivity index (χ0n) is 7.40. The Morgan fingerprint density at radius 3 is 2.54 bits per heavy atom. The maximum atomic E-state index is 11.8. The molecule has 0 saturated heterocycles. The van der Waals surface area contributed by atoms with Crippen molar-refractivity contribution < 1.29 is 13.2 Å². The van der Waals surface area contributed by atoms with Crippen LogP contribution in [0.15, 0.2) is 0 Å². The van der Waals surface area contributed by atoms with Gasteiger partial charge in [-0.25, -0.2) is 0 Å². The number of nitrogens with two attached hydrogens (primary N) is 1. The van der Waals surface area contributed by atoms with E-state index >= 15 is 0 Å². The SMILES string of the molecule is N[C@@H]1CCC[C@H](NCC(F)(F)F)C1. The molecule has 1 fully saturated rings. The van der Waals surface area contributed by atoms with Crippen molar-refractivity contribution in [2.75, 3.05) is 6.54 Å². The summed E-state index contributed by atoms with van der Waals surface area (Å²) in [6.45, 7) is -0.898. The molecule has 5 heteroatoms. The average Bonchev–Trinajstić information content (AvgIpc) is 2.00.